The second-order valence-electron chi connectivity index (χ2n) is 4.65. The smallest absolute Gasteiger partial charge is 0.195 e. The third-order valence-electron chi connectivity index (χ3n) is 3.07. The predicted molar refractivity (Wildman–Crippen MR) is 81.1 cm³/mol. The second kappa shape index (κ2) is 6.75. The molecule has 0 aromatic heterocycles. The summed E-state index contributed by atoms with van der Waals surface area (Å²) in [5.74, 6) is 0.642. The van der Waals surface area contributed by atoms with Crippen molar-refractivity contribution in [1.29, 1.82) is 0 Å². The highest BCUT2D eigenvalue weighted by Crippen LogP contribution is 2.22. The van der Waals surface area contributed by atoms with E-state index >= 15 is 0 Å². The molecule has 0 fully saturated rings. The molecule has 0 atom stereocenters. The van der Waals surface area contributed by atoms with E-state index in [1.807, 2.05) is 18.2 Å². The number of carbonyl (C=O) groups is 1. The van der Waals surface area contributed by atoms with Crippen molar-refractivity contribution in [3.63, 3.8) is 0 Å². The summed E-state index contributed by atoms with van der Waals surface area (Å²) in [7, 11) is 0. The molecule has 3 heteroatoms. The van der Waals surface area contributed by atoms with Gasteiger partial charge in [0.25, 0.3) is 0 Å². The van der Waals surface area contributed by atoms with Gasteiger partial charge in [-0.25, -0.2) is 0 Å². The van der Waals surface area contributed by atoms with Gasteiger partial charge in [-0.1, -0.05) is 43.7 Å². The molecule has 0 heterocycles. The summed E-state index contributed by atoms with van der Waals surface area (Å²) in [6.07, 6.45) is 2.09. The van der Waals surface area contributed by atoms with Gasteiger partial charge in [0, 0.05) is 22.9 Å². The number of nitrogen functional groups attached to an aromatic ring is 1. The highest BCUT2D eigenvalue weighted by molar-refractivity contribution is 6.12. The molecule has 20 heavy (non-hydrogen) atoms. The van der Waals surface area contributed by atoms with Gasteiger partial charge in [-0.3, -0.25) is 4.79 Å². The van der Waals surface area contributed by atoms with Crippen molar-refractivity contribution in [2.75, 3.05) is 12.3 Å². The molecule has 0 radical (unpaired) electrons. The third kappa shape index (κ3) is 3.38. The molecule has 0 spiro atoms. The van der Waals surface area contributed by atoms with Gasteiger partial charge in [0.15, 0.2) is 5.78 Å². The summed E-state index contributed by atoms with van der Waals surface area (Å²) in [6, 6.07) is 14.4. The molecule has 104 valence electrons. The molecule has 2 aromatic carbocycles. The lowest BCUT2D eigenvalue weighted by atomic mass is 10.0. The Balaban J connectivity index is 2.15. The molecule has 0 aliphatic heterocycles. The van der Waals surface area contributed by atoms with E-state index in [0.29, 0.717) is 29.2 Å². The maximum absolute atomic E-state index is 12.3. The second-order valence-corrected chi connectivity index (χ2v) is 4.65. The number of ether oxygens (including phenoxy) is 1. The summed E-state index contributed by atoms with van der Waals surface area (Å²) < 4.78 is 5.58. The van der Waals surface area contributed by atoms with Crippen molar-refractivity contribution >= 4 is 11.5 Å². The van der Waals surface area contributed by atoms with E-state index in [0.717, 1.165) is 12.8 Å². The minimum Gasteiger partial charge on any atom is -0.494 e. The van der Waals surface area contributed by atoms with E-state index in [1.165, 1.54) is 0 Å². The molecule has 0 saturated heterocycles. The first-order valence-electron chi connectivity index (χ1n) is 6.84. The summed E-state index contributed by atoms with van der Waals surface area (Å²) in [5, 5.41) is 0. The largest absolute Gasteiger partial charge is 0.494 e. The van der Waals surface area contributed by atoms with E-state index in [4.69, 9.17) is 10.5 Å². The van der Waals surface area contributed by atoms with Crippen LogP contribution >= 0.6 is 0 Å². The van der Waals surface area contributed by atoms with Crippen LogP contribution < -0.4 is 10.5 Å². The average Bonchev–Trinajstić information content (AvgIpc) is 2.48. The fourth-order valence-corrected chi connectivity index (χ4v) is 1.92. The SMILES string of the molecule is CCCCOc1ccc(C(=O)c2ccccc2)c(N)c1. The topological polar surface area (TPSA) is 52.3 Å². The van der Waals surface area contributed by atoms with Crippen LogP contribution in [-0.4, -0.2) is 12.4 Å². The van der Waals surface area contributed by atoms with E-state index in [9.17, 15) is 4.79 Å². The number of ketones is 1. The van der Waals surface area contributed by atoms with Crippen LogP contribution in [-0.2, 0) is 0 Å². The lowest BCUT2D eigenvalue weighted by Crippen LogP contribution is -2.06. The van der Waals surface area contributed by atoms with Gasteiger partial charge in [-0.15, -0.1) is 0 Å². The van der Waals surface area contributed by atoms with Crippen molar-refractivity contribution in [3.05, 3.63) is 59.7 Å². The molecule has 3 nitrogen and oxygen atoms in total. The number of hydrogen-bond donors (Lipinski definition) is 1. The maximum atomic E-state index is 12.3. The zero-order valence-electron chi connectivity index (χ0n) is 11.6. The Morgan fingerprint density at radius 2 is 1.90 bits per heavy atom. The van der Waals surface area contributed by atoms with E-state index < -0.39 is 0 Å². The predicted octanol–water partition coefficient (Wildman–Crippen LogP) is 3.68. The van der Waals surface area contributed by atoms with E-state index in [2.05, 4.69) is 6.92 Å². The molecule has 0 saturated carbocycles. The third-order valence-corrected chi connectivity index (χ3v) is 3.07. The van der Waals surface area contributed by atoms with Gasteiger partial charge >= 0.3 is 0 Å². The standard InChI is InChI=1S/C17H19NO2/c1-2-3-11-20-14-9-10-15(16(18)12-14)17(19)13-7-5-4-6-8-13/h4-10,12H,2-3,11,18H2,1H3. The highest BCUT2D eigenvalue weighted by atomic mass is 16.5. The Bertz CT molecular complexity index is 579. The molecule has 0 aliphatic rings. The van der Waals surface area contributed by atoms with E-state index in [-0.39, 0.29) is 5.78 Å². The van der Waals surface area contributed by atoms with Crippen molar-refractivity contribution in [2.24, 2.45) is 0 Å². The Hall–Kier alpha value is -2.29. The molecular formula is C17H19NO2. The minimum atomic E-state index is -0.0665. The zero-order valence-corrected chi connectivity index (χ0v) is 11.6. The van der Waals surface area contributed by atoms with Crippen molar-refractivity contribution in [1.82, 2.24) is 0 Å². The summed E-state index contributed by atoms with van der Waals surface area (Å²) in [5.41, 5.74) is 7.57. The lowest BCUT2D eigenvalue weighted by molar-refractivity contribution is 0.103. The summed E-state index contributed by atoms with van der Waals surface area (Å²) >= 11 is 0. The normalized spacial score (nSPS) is 10.2. The number of nitrogens with two attached hydrogens (primary N) is 1. The summed E-state index contributed by atoms with van der Waals surface area (Å²) in [6.45, 7) is 2.78. The Labute approximate surface area is 119 Å². The molecule has 0 unspecified atom stereocenters. The van der Waals surface area contributed by atoms with Crippen LogP contribution in [0.25, 0.3) is 0 Å². The minimum absolute atomic E-state index is 0.0665. The first-order valence-corrected chi connectivity index (χ1v) is 6.84. The van der Waals surface area contributed by atoms with Gasteiger partial charge < -0.3 is 10.5 Å². The Morgan fingerprint density at radius 3 is 2.55 bits per heavy atom. The molecule has 2 aromatic rings. The number of rotatable bonds is 6. The molecule has 0 amide bonds. The van der Waals surface area contributed by atoms with Gasteiger partial charge in [0.1, 0.15) is 5.75 Å². The number of anilines is 1. The van der Waals surface area contributed by atoms with Crippen molar-refractivity contribution in [3.8, 4) is 5.75 Å². The van der Waals surface area contributed by atoms with Gasteiger partial charge in [-0.05, 0) is 18.6 Å². The quantitative estimate of drug-likeness (QED) is 0.494. The Morgan fingerprint density at radius 1 is 1.15 bits per heavy atom. The number of unbranched alkanes of at least 4 members (excludes halogenated alkanes) is 1. The van der Waals surface area contributed by atoms with Crippen LogP contribution in [0.2, 0.25) is 0 Å². The Kier molecular flexibility index (Phi) is 4.77. The van der Waals surface area contributed by atoms with Crippen molar-refractivity contribution < 1.29 is 9.53 Å². The molecule has 2 rings (SSSR count). The van der Waals surface area contributed by atoms with Crippen LogP contribution in [0.5, 0.6) is 5.75 Å². The molecule has 2 N–H and O–H groups in total. The highest BCUT2D eigenvalue weighted by Gasteiger charge is 2.12. The molecular weight excluding hydrogens is 250 g/mol. The first-order chi connectivity index (χ1) is 9.72. The van der Waals surface area contributed by atoms with Crippen LogP contribution in [0.4, 0.5) is 5.69 Å². The van der Waals surface area contributed by atoms with Crippen molar-refractivity contribution in [2.45, 2.75) is 19.8 Å². The van der Waals surface area contributed by atoms with Crippen LogP contribution in [0, 0.1) is 0 Å². The monoisotopic (exact) mass is 269 g/mol. The molecule has 0 bridgehead atoms. The van der Waals surface area contributed by atoms with Crippen LogP contribution in [0.1, 0.15) is 35.7 Å². The number of carbonyl (C=O) groups excluding carboxylic acids is 1. The van der Waals surface area contributed by atoms with Gasteiger partial charge in [-0.2, -0.15) is 0 Å². The van der Waals surface area contributed by atoms with Crippen LogP contribution in [0.15, 0.2) is 48.5 Å². The van der Waals surface area contributed by atoms with Gasteiger partial charge in [0.2, 0.25) is 0 Å². The number of benzene rings is 2. The summed E-state index contributed by atoms with van der Waals surface area (Å²) in [4.78, 5) is 12.3. The number of hydrogen-bond acceptors (Lipinski definition) is 3. The van der Waals surface area contributed by atoms with E-state index in [1.54, 1.807) is 30.3 Å². The maximum Gasteiger partial charge on any atom is 0.195 e. The zero-order chi connectivity index (χ0) is 14.4. The lowest BCUT2D eigenvalue weighted by Gasteiger charge is -2.09. The molecule has 0 aliphatic carbocycles. The van der Waals surface area contributed by atoms with Gasteiger partial charge in [0.05, 0.1) is 6.61 Å². The average molecular weight is 269 g/mol. The first kappa shape index (κ1) is 14.1. The fourth-order valence-electron chi connectivity index (χ4n) is 1.92. The van der Waals surface area contributed by atoms with Crippen LogP contribution in [0.3, 0.4) is 0 Å². The fraction of sp³-hybridized carbons (Fsp3) is 0.235.